The summed E-state index contributed by atoms with van der Waals surface area (Å²) in [6, 6.07) is 11.5. The third-order valence-electron chi connectivity index (χ3n) is 3.61. The normalized spacial score (nSPS) is 12.9. The molecule has 0 aliphatic rings. The van der Waals surface area contributed by atoms with Crippen molar-refractivity contribution in [2.75, 3.05) is 6.54 Å². The molecule has 0 aromatic heterocycles. The molecule has 0 aliphatic carbocycles. The molecule has 2 aromatic carbocycles. The third kappa shape index (κ3) is 5.19. The lowest BCUT2D eigenvalue weighted by molar-refractivity contribution is 0.0171. The lowest BCUT2D eigenvalue weighted by atomic mass is 10.0. The molecule has 0 radical (unpaired) electrons. The molecule has 0 saturated carbocycles. The molecule has 0 fully saturated rings. The number of carbonyl (C=O) groups is 2. The van der Waals surface area contributed by atoms with E-state index in [1.54, 1.807) is 12.1 Å². The van der Waals surface area contributed by atoms with Gasteiger partial charge in [-0.25, -0.2) is 4.79 Å². The van der Waals surface area contributed by atoms with E-state index in [9.17, 15) is 24.9 Å². The number of hydrogen-bond acceptors (Lipinski definition) is 6. The van der Waals surface area contributed by atoms with Gasteiger partial charge in [-0.1, -0.05) is 41.9 Å². The van der Waals surface area contributed by atoms with Gasteiger partial charge in [0, 0.05) is 17.1 Å². The fourth-order valence-corrected chi connectivity index (χ4v) is 2.47. The fourth-order valence-electron chi connectivity index (χ4n) is 2.24. The molecule has 1 amide bonds. The number of phenols is 1. The highest BCUT2D eigenvalue weighted by molar-refractivity contribution is 6.31. The van der Waals surface area contributed by atoms with Crippen LogP contribution in [0, 0.1) is 0 Å². The second-order valence-electron chi connectivity index (χ2n) is 5.51. The number of phenolic OH excluding ortho intramolecular Hbond substituents is 1. The lowest BCUT2D eigenvalue weighted by Crippen LogP contribution is -2.35. The maximum atomic E-state index is 11.7. The van der Waals surface area contributed by atoms with Crippen LogP contribution in [-0.2, 0) is 11.3 Å². The first-order valence-corrected chi connectivity index (χ1v) is 8.08. The molecule has 26 heavy (non-hydrogen) atoms. The van der Waals surface area contributed by atoms with E-state index in [1.807, 2.05) is 18.2 Å². The van der Waals surface area contributed by atoms with E-state index >= 15 is 0 Å². The number of rotatable bonds is 7. The highest BCUT2D eigenvalue weighted by Crippen LogP contribution is 2.32. The first-order chi connectivity index (χ1) is 12.4. The Labute approximate surface area is 154 Å². The van der Waals surface area contributed by atoms with Crippen molar-refractivity contribution in [3.05, 3.63) is 64.2 Å². The molecule has 7 nitrogen and oxygen atoms in total. The minimum atomic E-state index is -1.57. The van der Waals surface area contributed by atoms with Gasteiger partial charge in [-0.05, 0) is 17.7 Å². The molecule has 0 heterocycles. The van der Waals surface area contributed by atoms with Gasteiger partial charge in [0.05, 0.1) is 5.56 Å². The summed E-state index contributed by atoms with van der Waals surface area (Å²) >= 11 is 5.82. The summed E-state index contributed by atoms with van der Waals surface area (Å²) in [4.78, 5) is 22.6. The predicted octanol–water partition coefficient (Wildman–Crippen LogP) is 2.18. The summed E-state index contributed by atoms with van der Waals surface area (Å²) in [6.45, 7) is -0.278. The Morgan fingerprint density at radius 3 is 2.58 bits per heavy atom. The maximum absolute atomic E-state index is 11.7. The molecule has 0 spiro atoms. The number of hydrogen-bond donors (Lipinski definition) is 4. The van der Waals surface area contributed by atoms with E-state index in [0.29, 0.717) is 6.29 Å². The molecular weight excluding hydrogens is 362 g/mol. The van der Waals surface area contributed by atoms with Crippen LogP contribution < -0.4 is 5.32 Å². The van der Waals surface area contributed by atoms with E-state index < -0.39 is 24.1 Å². The van der Waals surface area contributed by atoms with Gasteiger partial charge >= 0.3 is 6.09 Å². The van der Waals surface area contributed by atoms with E-state index in [4.69, 9.17) is 16.3 Å². The summed E-state index contributed by atoms with van der Waals surface area (Å²) in [7, 11) is 0. The average Bonchev–Trinajstić information content (AvgIpc) is 2.66. The highest BCUT2D eigenvalue weighted by Gasteiger charge is 2.24. The topological polar surface area (TPSA) is 116 Å². The number of nitrogens with one attached hydrogen (secondary N) is 1. The number of aromatic hydroxyl groups is 1. The molecule has 138 valence electrons. The lowest BCUT2D eigenvalue weighted by Gasteiger charge is -2.20. The Bertz CT molecular complexity index is 768. The number of aliphatic hydroxyl groups excluding tert-OH is 2. The van der Waals surface area contributed by atoms with Gasteiger partial charge in [0.2, 0.25) is 0 Å². The van der Waals surface area contributed by atoms with Gasteiger partial charge in [0.25, 0.3) is 0 Å². The van der Waals surface area contributed by atoms with Gasteiger partial charge < -0.3 is 25.4 Å². The number of ether oxygens (including phenoxy) is 1. The van der Waals surface area contributed by atoms with Gasteiger partial charge in [-0.15, -0.1) is 0 Å². The zero-order valence-corrected chi connectivity index (χ0v) is 14.4. The van der Waals surface area contributed by atoms with Crippen LogP contribution >= 0.6 is 11.6 Å². The van der Waals surface area contributed by atoms with Crippen molar-refractivity contribution in [3.8, 4) is 5.75 Å². The minimum absolute atomic E-state index is 0.0586. The number of carbonyl (C=O) groups excluding carboxylic acids is 2. The molecule has 2 rings (SSSR count). The van der Waals surface area contributed by atoms with Crippen LogP contribution in [0.2, 0.25) is 5.02 Å². The number of halogens is 1. The molecule has 4 N–H and O–H groups in total. The molecule has 2 atom stereocenters. The Morgan fingerprint density at radius 2 is 1.92 bits per heavy atom. The number of benzene rings is 2. The molecule has 8 heteroatoms. The minimum Gasteiger partial charge on any atom is -0.507 e. The van der Waals surface area contributed by atoms with E-state index in [0.717, 1.165) is 5.56 Å². The smallest absolute Gasteiger partial charge is 0.407 e. The molecule has 0 aliphatic heterocycles. The van der Waals surface area contributed by atoms with Crippen LogP contribution in [0.5, 0.6) is 5.75 Å². The van der Waals surface area contributed by atoms with Crippen molar-refractivity contribution < 1.29 is 29.6 Å². The Kier molecular flexibility index (Phi) is 6.97. The monoisotopic (exact) mass is 379 g/mol. The quantitative estimate of drug-likeness (QED) is 0.548. The van der Waals surface area contributed by atoms with Crippen molar-refractivity contribution >= 4 is 24.0 Å². The van der Waals surface area contributed by atoms with E-state index in [2.05, 4.69) is 5.32 Å². The summed E-state index contributed by atoms with van der Waals surface area (Å²) in [5.74, 6) is -0.484. The predicted molar refractivity (Wildman–Crippen MR) is 94.1 cm³/mol. The van der Waals surface area contributed by atoms with E-state index in [-0.39, 0.29) is 29.3 Å². The first-order valence-electron chi connectivity index (χ1n) is 7.70. The Hall–Kier alpha value is -2.61. The van der Waals surface area contributed by atoms with Gasteiger partial charge in [-0.3, -0.25) is 4.79 Å². The molecule has 2 aromatic rings. The molecule has 2 unspecified atom stereocenters. The van der Waals surface area contributed by atoms with Crippen molar-refractivity contribution in [2.24, 2.45) is 0 Å². The second-order valence-corrected chi connectivity index (χ2v) is 5.94. The van der Waals surface area contributed by atoms with Crippen LogP contribution in [0.4, 0.5) is 4.79 Å². The highest BCUT2D eigenvalue weighted by atomic mass is 35.5. The van der Waals surface area contributed by atoms with E-state index in [1.165, 1.54) is 12.1 Å². The maximum Gasteiger partial charge on any atom is 0.407 e. The van der Waals surface area contributed by atoms with Gasteiger partial charge in [0.15, 0.2) is 6.29 Å². The Morgan fingerprint density at radius 1 is 1.23 bits per heavy atom. The van der Waals surface area contributed by atoms with Crippen LogP contribution in [-0.4, -0.2) is 40.3 Å². The first kappa shape index (κ1) is 19.7. The van der Waals surface area contributed by atoms with Crippen LogP contribution in [0.25, 0.3) is 0 Å². The largest absolute Gasteiger partial charge is 0.507 e. The Balaban J connectivity index is 1.91. The summed E-state index contributed by atoms with van der Waals surface area (Å²) in [5.41, 5.74) is 0.564. The third-order valence-corrected chi connectivity index (χ3v) is 3.83. The second kappa shape index (κ2) is 9.19. The SMILES string of the molecule is O=Cc1cc(Cl)cc(C(O)C(O)CNC(=O)OCc2ccccc2)c1O. The molecule has 0 saturated heterocycles. The standard InChI is InChI=1S/C18H18ClNO6/c19-13-6-12(9-21)16(23)14(7-13)17(24)15(22)8-20-18(25)26-10-11-4-2-1-3-5-11/h1-7,9,15,17,22-24H,8,10H2,(H,20,25). The van der Waals surface area contributed by atoms with Gasteiger partial charge in [0.1, 0.15) is 24.6 Å². The van der Waals surface area contributed by atoms with Crippen LogP contribution in [0.3, 0.4) is 0 Å². The zero-order chi connectivity index (χ0) is 19.1. The summed E-state index contributed by atoms with van der Waals surface area (Å²) in [5, 5.41) is 32.6. The number of alkyl carbamates (subject to hydrolysis) is 1. The van der Waals surface area contributed by atoms with Crippen molar-refractivity contribution in [1.82, 2.24) is 5.32 Å². The van der Waals surface area contributed by atoms with Crippen molar-refractivity contribution in [2.45, 2.75) is 18.8 Å². The van der Waals surface area contributed by atoms with Crippen molar-refractivity contribution in [1.29, 1.82) is 0 Å². The summed E-state index contributed by atoms with van der Waals surface area (Å²) < 4.78 is 4.98. The average molecular weight is 380 g/mol. The fraction of sp³-hybridized carbons (Fsp3) is 0.222. The number of aliphatic hydroxyl groups is 2. The number of aldehydes is 1. The van der Waals surface area contributed by atoms with Crippen LogP contribution in [0.1, 0.15) is 27.6 Å². The zero-order valence-electron chi connectivity index (χ0n) is 13.6. The molecular formula is C18H18ClNO6. The summed E-state index contributed by atoms with van der Waals surface area (Å²) in [6.07, 6.45) is -3.42. The number of amides is 1. The van der Waals surface area contributed by atoms with Gasteiger partial charge in [-0.2, -0.15) is 0 Å². The molecule has 0 bridgehead atoms. The van der Waals surface area contributed by atoms with Crippen molar-refractivity contribution in [3.63, 3.8) is 0 Å². The van der Waals surface area contributed by atoms with Crippen LogP contribution in [0.15, 0.2) is 42.5 Å².